The molecule has 2 rings (SSSR count). The lowest BCUT2D eigenvalue weighted by atomic mass is 10.1. The molecule has 1 aromatic heterocycles. The molecule has 1 amide bonds. The largest absolute Gasteiger partial charge is 0.392 e. The van der Waals surface area contributed by atoms with Gasteiger partial charge < -0.3 is 15.8 Å². The minimum absolute atomic E-state index is 0.0764. The van der Waals surface area contributed by atoms with Crippen LogP contribution in [0.3, 0.4) is 0 Å². The molecule has 102 valence electrons. The smallest absolute Gasteiger partial charge is 0.257 e. The number of nitrogens with zero attached hydrogens (tertiary/aromatic N) is 1. The molecule has 0 saturated heterocycles. The third-order valence-electron chi connectivity index (χ3n) is 2.43. The molecular weight excluding hydrogens is 250 g/mol. The maximum atomic E-state index is 11.6. The van der Waals surface area contributed by atoms with Crippen molar-refractivity contribution in [2.75, 3.05) is 12.1 Å². The van der Waals surface area contributed by atoms with Gasteiger partial charge in [0.2, 0.25) is 6.41 Å². The number of benzene rings is 1. The van der Waals surface area contributed by atoms with Crippen LogP contribution in [0.1, 0.15) is 5.56 Å². The van der Waals surface area contributed by atoms with Crippen LogP contribution >= 0.6 is 0 Å². The number of hydrogen-bond acceptors (Lipinski definition) is 5. The highest BCUT2D eigenvalue weighted by atomic mass is 16.5. The number of pyridine rings is 1. The van der Waals surface area contributed by atoms with Gasteiger partial charge in [0.25, 0.3) is 5.56 Å². The predicted octanol–water partition coefficient (Wildman–Crippen LogP) is -0.0527. The number of aromatic amines is 1. The Balaban J connectivity index is 0.000000550. The van der Waals surface area contributed by atoms with E-state index in [2.05, 4.69) is 10.7 Å². The number of carbonyl (C=O) groups excluding carboxylic acids is 1. The predicted molar refractivity (Wildman–Crippen MR) is 70.9 cm³/mol. The Bertz CT molecular complexity index is 622. The molecule has 1 aromatic carbocycles. The second-order valence-electron chi connectivity index (χ2n) is 3.72. The molecule has 19 heavy (non-hydrogen) atoms. The summed E-state index contributed by atoms with van der Waals surface area (Å²) in [6.07, 6.45) is 0.250. The van der Waals surface area contributed by atoms with Crippen LogP contribution in [0.15, 0.2) is 29.1 Å². The molecule has 0 radical (unpaired) electrons. The quantitative estimate of drug-likeness (QED) is 0.448. The number of nitrogens with one attached hydrogen (secondary N) is 1. The third kappa shape index (κ3) is 3.54. The van der Waals surface area contributed by atoms with E-state index in [-0.39, 0.29) is 18.6 Å². The standard InChI is InChI=1S/C11H12N2O3.CH3NO/c1-13(16)10-5-8-4-7(6-14)2-3-9(8)11(15)12-10;2-1-3/h2-5,14,16H,6H2,1H3,(H,12,15);1H,(H2,2,3). The minimum atomic E-state index is -0.266. The molecule has 0 spiro atoms. The zero-order chi connectivity index (χ0) is 14.4. The molecule has 0 unspecified atom stereocenters. The molecular formula is C12H15N3O4. The molecule has 0 saturated carbocycles. The maximum absolute atomic E-state index is 11.6. The van der Waals surface area contributed by atoms with Crippen LogP contribution in [0.4, 0.5) is 5.82 Å². The van der Waals surface area contributed by atoms with Crippen molar-refractivity contribution in [2.24, 2.45) is 5.73 Å². The van der Waals surface area contributed by atoms with Crippen LogP contribution < -0.4 is 16.4 Å². The van der Waals surface area contributed by atoms with Crippen LogP contribution in [-0.2, 0) is 11.4 Å². The van der Waals surface area contributed by atoms with Crippen molar-refractivity contribution < 1.29 is 15.1 Å². The highest BCUT2D eigenvalue weighted by Gasteiger charge is 2.04. The summed E-state index contributed by atoms with van der Waals surface area (Å²) in [7, 11) is 1.42. The first kappa shape index (κ1) is 14.7. The number of anilines is 1. The van der Waals surface area contributed by atoms with Gasteiger partial charge in [-0.2, -0.15) is 0 Å². The van der Waals surface area contributed by atoms with Gasteiger partial charge >= 0.3 is 0 Å². The zero-order valence-electron chi connectivity index (χ0n) is 10.3. The monoisotopic (exact) mass is 265 g/mol. The molecule has 1 heterocycles. The Morgan fingerprint density at radius 1 is 1.42 bits per heavy atom. The second kappa shape index (κ2) is 6.53. The molecule has 0 aliphatic heterocycles. The van der Waals surface area contributed by atoms with E-state index in [1.807, 2.05) is 0 Å². The van der Waals surface area contributed by atoms with E-state index in [1.54, 1.807) is 24.3 Å². The number of aromatic nitrogens is 1. The number of carbonyl (C=O) groups is 1. The molecule has 2 aromatic rings. The Labute approximate surface area is 108 Å². The van der Waals surface area contributed by atoms with Crippen LogP contribution in [0.2, 0.25) is 0 Å². The van der Waals surface area contributed by atoms with Gasteiger partial charge in [0.05, 0.1) is 6.61 Å². The van der Waals surface area contributed by atoms with Crippen molar-refractivity contribution in [1.29, 1.82) is 0 Å². The highest BCUT2D eigenvalue weighted by molar-refractivity contribution is 5.84. The number of amides is 1. The molecule has 0 atom stereocenters. The van der Waals surface area contributed by atoms with E-state index in [9.17, 15) is 10.0 Å². The maximum Gasteiger partial charge on any atom is 0.257 e. The summed E-state index contributed by atoms with van der Waals surface area (Å²) in [5, 5.41) is 20.3. The first-order valence-electron chi connectivity index (χ1n) is 5.38. The van der Waals surface area contributed by atoms with Gasteiger partial charge in [0.15, 0.2) is 0 Å². The number of primary amides is 1. The molecule has 7 heteroatoms. The fourth-order valence-electron chi connectivity index (χ4n) is 1.58. The first-order chi connectivity index (χ1) is 9.03. The van der Waals surface area contributed by atoms with Crippen molar-refractivity contribution in [3.63, 3.8) is 0 Å². The van der Waals surface area contributed by atoms with Gasteiger partial charge in [-0.25, -0.2) is 5.06 Å². The van der Waals surface area contributed by atoms with Crippen molar-refractivity contribution in [1.82, 2.24) is 4.98 Å². The number of hydrogen-bond donors (Lipinski definition) is 4. The lowest BCUT2D eigenvalue weighted by Gasteiger charge is -2.10. The summed E-state index contributed by atoms with van der Waals surface area (Å²) in [6.45, 7) is -0.0764. The fraction of sp³-hybridized carbons (Fsp3) is 0.167. The Hall–Kier alpha value is -2.38. The number of rotatable bonds is 2. The van der Waals surface area contributed by atoms with Crippen molar-refractivity contribution in [3.8, 4) is 0 Å². The Morgan fingerprint density at radius 2 is 2.05 bits per heavy atom. The fourth-order valence-corrected chi connectivity index (χ4v) is 1.58. The highest BCUT2D eigenvalue weighted by Crippen LogP contribution is 2.16. The van der Waals surface area contributed by atoms with E-state index in [0.717, 1.165) is 10.6 Å². The number of H-pyrrole nitrogens is 1. The second-order valence-corrected chi connectivity index (χ2v) is 3.72. The molecule has 0 bridgehead atoms. The van der Waals surface area contributed by atoms with E-state index in [4.69, 9.17) is 9.90 Å². The summed E-state index contributed by atoms with van der Waals surface area (Å²) in [5.41, 5.74) is 4.63. The number of nitrogens with two attached hydrogens (primary N) is 1. The summed E-state index contributed by atoms with van der Waals surface area (Å²) >= 11 is 0. The molecule has 5 N–H and O–H groups in total. The number of aliphatic hydroxyl groups excluding tert-OH is 1. The average Bonchev–Trinajstić information content (AvgIpc) is 2.38. The van der Waals surface area contributed by atoms with E-state index < -0.39 is 0 Å². The molecule has 7 nitrogen and oxygen atoms in total. The van der Waals surface area contributed by atoms with Crippen LogP contribution in [0, 0.1) is 0 Å². The van der Waals surface area contributed by atoms with Crippen LogP contribution in [0.25, 0.3) is 10.8 Å². The molecule has 0 aliphatic carbocycles. The van der Waals surface area contributed by atoms with E-state index in [0.29, 0.717) is 16.6 Å². The van der Waals surface area contributed by atoms with Gasteiger partial charge in [0.1, 0.15) is 5.82 Å². The van der Waals surface area contributed by atoms with Crippen molar-refractivity contribution >= 4 is 23.0 Å². The van der Waals surface area contributed by atoms with Crippen molar-refractivity contribution in [3.05, 3.63) is 40.2 Å². The summed E-state index contributed by atoms with van der Waals surface area (Å²) in [5.74, 6) is 0.313. The van der Waals surface area contributed by atoms with Crippen LogP contribution in [0.5, 0.6) is 0 Å². The first-order valence-corrected chi connectivity index (χ1v) is 5.38. The molecule has 0 fully saturated rings. The summed E-state index contributed by atoms with van der Waals surface area (Å²) in [4.78, 5) is 22.8. The van der Waals surface area contributed by atoms with E-state index >= 15 is 0 Å². The third-order valence-corrected chi connectivity index (χ3v) is 2.43. The minimum Gasteiger partial charge on any atom is -0.392 e. The topological polar surface area (TPSA) is 120 Å². The Kier molecular flexibility index (Phi) is 5.04. The number of fused-ring (bicyclic) bond motifs is 1. The summed E-state index contributed by atoms with van der Waals surface area (Å²) in [6, 6.07) is 6.72. The van der Waals surface area contributed by atoms with Crippen molar-refractivity contribution in [2.45, 2.75) is 6.61 Å². The SMILES string of the molecule is CN(O)c1cc2cc(CO)ccc2c(=O)[nH]1.NC=O. The number of aliphatic hydroxyl groups is 1. The van der Waals surface area contributed by atoms with Gasteiger partial charge in [-0.1, -0.05) is 6.07 Å². The lowest BCUT2D eigenvalue weighted by molar-refractivity contribution is -0.106. The zero-order valence-corrected chi connectivity index (χ0v) is 10.3. The summed E-state index contributed by atoms with van der Waals surface area (Å²) < 4.78 is 0. The van der Waals surface area contributed by atoms with Crippen LogP contribution in [-0.4, -0.2) is 28.8 Å². The normalized spacial score (nSPS) is 9.63. The lowest BCUT2D eigenvalue weighted by Crippen LogP contribution is -2.17. The van der Waals surface area contributed by atoms with Gasteiger partial charge in [-0.15, -0.1) is 0 Å². The van der Waals surface area contributed by atoms with Gasteiger partial charge in [-0.05, 0) is 29.1 Å². The van der Waals surface area contributed by atoms with E-state index in [1.165, 1.54) is 7.05 Å². The number of hydroxylamine groups is 1. The molecule has 0 aliphatic rings. The average molecular weight is 265 g/mol. The van der Waals surface area contributed by atoms with Gasteiger partial charge in [-0.3, -0.25) is 14.8 Å². The van der Waals surface area contributed by atoms with Gasteiger partial charge in [0, 0.05) is 12.4 Å². The Morgan fingerprint density at radius 3 is 2.58 bits per heavy atom.